The van der Waals surface area contributed by atoms with Gasteiger partial charge < -0.3 is 4.57 Å². The quantitative estimate of drug-likeness (QED) is 0.745. The van der Waals surface area contributed by atoms with Crippen molar-refractivity contribution < 1.29 is 4.39 Å². The lowest BCUT2D eigenvalue weighted by Gasteiger charge is -2.26. The minimum atomic E-state index is -0.266. The van der Waals surface area contributed by atoms with Gasteiger partial charge in [0.25, 0.3) is 0 Å². The molecule has 0 aliphatic heterocycles. The number of fused-ring (bicyclic) bond motifs is 1. The van der Waals surface area contributed by atoms with Gasteiger partial charge in [0.2, 0.25) is 0 Å². The van der Waals surface area contributed by atoms with Crippen LogP contribution in [0.15, 0.2) is 16.6 Å². The third-order valence-electron chi connectivity index (χ3n) is 3.85. The molecule has 5 heteroatoms. The molecule has 1 aromatic carbocycles. The van der Waals surface area contributed by atoms with Gasteiger partial charge in [0.05, 0.1) is 15.5 Å². The Labute approximate surface area is 125 Å². The molecule has 0 N–H and O–H groups in total. The van der Waals surface area contributed by atoms with Crippen molar-refractivity contribution in [3.63, 3.8) is 0 Å². The van der Waals surface area contributed by atoms with E-state index in [2.05, 4.69) is 25.5 Å². The topological polar surface area (TPSA) is 17.8 Å². The van der Waals surface area contributed by atoms with Gasteiger partial charge in [-0.25, -0.2) is 9.37 Å². The maximum absolute atomic E-state index is 13.6. The molecular formula is C14H15BrClFN2. The van der Waals surface area contributed by atoms with Crippen LogP contribution in [0.2, 0.25) is 0 Å². The summed E-state index contributed by atoms with van der Waals surface area (Å²) in [7, 11) is 0. The van der Waals surface area contributed by atoms with Gasteiger partial charge in [0, 0.05) is 24.9 Å². The van der Waals surface area contributed by atoms with E-state index < -0.39 is 0 Å². The van der Waals surface area contributed by atoms with E-state index in [0.717, 1.165) is 35.7 Å². The molecule has 1 aromatic heterocycles. The van der Waals surface area contributed by atoms with Crippen LogP contribution in [0.5, 0.6) is 0 Å². The van der Waals surface area contributed by atoms with Gasteiger partial charge >= 0.3 is 0 Å². The van der Waals surface area contributed by atoms with Crippen molar-refractivity contribution in [3.05, 3.63) is 28.2 Å². The summed E-state index contributed by atoms with van der Waals surface area (Å²) in [6, 6.07) is 3.32. The number of aromatic nitrogens is 2. The van der Waals surface area contributed by atoms with Crippen LogP contribution in [0, 0.1) is 11.7 Å². The van der Waals surface area contributed by atoms with Crippen LogP contribution in [0.4, 0.5) is 4.39 Å². The maximum atomic E-state index is 13.6. The van der Waals surface area contributed by atoms with Gasteiger partial charge in [-0.1, -0.05) is 6.42 Å². The van der Waals surface area contributed by atoms with Crippen molar-refractivity contribution in [2.45, 2.75) is 32.2 Å². The standard InChI is InChI=1S/C14H15BrClFN2/c15-10-6-13-12(7-11(10)17)18-14(4-5-16)19(13)8-9-2-1-3-9/h6-7,9H,1-5,8H2. The Morgan fingerprint density at radius 3 is 2.84 bits per heavy atom. The lowest BCUT2D eigenvalue weighted by Crippen LogP contribution is -2.19. The van der Waals surface area contributed by atoms with Gasteiger partial charge in [-0.3, -0.25) is 0 Å². The van der Waals surface area contributed by atoms with Gasteiger partial charge in [-0.2, -0.15) is 0 Å². The molecule has 1 saturated carbocycles. The first-order chi connectivity index (χ1) is 9.19. The van der Waals surface area contributed by atoms with Crippen molar-refractivity contribution in [3.8, 4) is 0 Å². The Morgan fingerprint density at radius 2 is 2.21 bits per heavy atom. The number of halogens is 3. The van der Waals surface area contributed by atoms with Crippen LogP contribution in [-0.2, 0) is 13.0 Å². The molecule has 0 amide bonds. The zero-order valence-corrected chi connectivity index (χ0v) is 12.8. The summed E-state index contributed by atoms with van der Waals surface area (Å²) in [6.07, 6.45) is 4.60. The van der Waals surface area contributed by atoms with E-state index in [1.165, 1.54) is 25.3 Å². The van der Waals surface area contributed by atoms with Crippen molar-refractivity contribution in [2.75, 3.05) is 5.88 Å². The number of aryl methyl sites for hydroxylation is 1. The number of benzene rings is 1. The summed E-state index contributed by atoms with van der Waals surface area (Å²) in [5.41, 5.74) is 1.72. The van der Waals surface area contributed by atoms with E-state index in [1.54, 1.807) is 0 Å². The molecule has 19 heavy (non-hydrogen) atoms. The monoisotopic (exact) mass is 344 g/mol. The van der Waals surface area contributed by atoms with Gasteiger partial charge in [-0.05, 0) is 40.8 Å². The molecule has 0 unspecified atom stereocenters. The van der Waals surface area contributed by atoms with Gasteiger partial charge in [0.15, 0.2) is 0 Å². The summed E-state index contributed by atoms with van der Waals surface area (Å²) in [4.78, 5) is 4.53. The molecule has 0 radical (unpaired) electrons. The highest BCUT2D eigenvalue weighted by Gasteiger charge is 2.21. The summed E-state index contributed by atoms with van der Waals surface area (Å²) in [6.45, 7) is 0.973. The molecule has 1 aliphatic rings. The number of alkyl halides is 1. The molecule has 2 aromatic rings. The molecule has 1 fully saturated rings. The fraction of sp³-hybridized carbons (Fsp3) is 0.500. The van der Waals surface area contributed by atoms with Crippen LogP contribution >= 0.6 is 27.5 Å². The second-order valence-corrected chi connectivity index (χ2v) is 6.36. The van der Waals surface area contributed by atoms with Gasteiger partial charge in [0.1, 0.15) is 11.6 Å². The average molecular weight is 346 g/mol. The SMILES string of the molecule is Fc1cc2nc(CCCl)n(CC3CCC3)c2cc1Br. The second-order valence-electron chi connectivity index (χ2n) is 5.13. The molecule has 102 valence electrons. The van der Waals surface area contributed by atoms with Crippen LogP contribution < -0.4 is 0 Å². The van der Waals surface area contributed by atoms with Crippen molar-refractivity contribution >= 4 is 38.6 Å². The molecule has 1 aliphatic carbocycles. The Kier molecular flexibility index (Phi) is 3.81. The zero-order valence-electron chi connectivity index (χ0n) is 10.5. The maximum Gasteiger partial charge on any atom is 0.139 e. The highest BCUT2D eigenvalue weighted by molar-refractivity contribution is 9.10. The van der Waals surface area contributed by atoms with Crippen LogP contribution in [-0.4, -0.2) is 15.4 Å². The molecule has 2 nitrogen and oxygen atoms in total. The number of nitrogens with zero attached hydrogens (tertiary/aromatic N) is 2. The predicted molar refractivity (Wildman–Crippen MR) is 79.2 cm³/mol. The van der Waals surface area contributed by atoms with E-state index in [1.807, 2.05) is 6.07 Å². The molecular weight excluding hydrogens is 331 g/mol. The summed E-state index contributed by atoms with van der Waals surface area (Å²) < 4.78 is 16.3. The Balaban J connectivity index is 2.07. The average Bonchev–Trinajstić information content (AvgIpc) is 2.63. The van der Waals surface area contributed by atoms with Crippen LogP contribution in [0.3, 0.4) is 0 Å². The van der Waals surface area contributed by atoms with Crippen molar-refractivity contribution in [2.24, 2.45) is 5.92 Å². The van der Waals surface area contributed by atoms with E-state index in [-0.39, 0.29) is 5.82 Å². The fourth-order valence-electron chi connectivity index (χ4n) is 2.58. The number of hydrogen-bond donors (Lipinski definition) is 0. The van der Waals surface area contributed by atoms with Gasteiger partial charge in [-0.15, -0.1) is 11.6 Å². The summed E-state index contributed by atoms with van der Waals surface area (Å²) in [5.74, 6) is 1.97. The third-order valence-corrected chi connectivity index (χ3v) is 4.65. The smallest absolute Gasteiger partial charge is 0.139 e. The van der Waals surface area contributed by atoms with Crippen molar-refractivity contribution in [1.29, 1.82) is 0 Å². The lowest BCUT2D eigenvalue weighted by atomic mass is 9.85. The summed E-state index contributed by atoms with van der Waals surface area (Å²) in [5, 5.41) is 0. The molecule has 3 rings (SSSR count). The molecule has 0 saturated heterocycles. The first kappa shape index (κ1) is 13.4. The van der Waals surface area contributed by atoms with Crippen LogP contribution in [0.25, 0.3) is 11.0 Å². The second kappa shape index (κ2) is 5.41. The number of hydrogen-bond acceptors (Lipinski definition) is 1. The Bertz CT molecular complexity index is 607. The predicted octanol–water partition coefficient (Wildman–Crippen LogP) is 4.52. The first-order valence-corrected chi connectivity index (χ1v) is 7.92. The normalized spacial score (nSPS) is 15.9. The van der Waals surface area contributed by atoms with Crippen molar-refractivity contribution in [1.82, 2.24) is 9.55 Å². The molecule has 1 heterocycles. The van der Waals surface area contributed by atoms with Crippen LogP contribution in [0.1, 0.15) is 25.1 Å². The molecule has 0 spiro atoms. The minimum Gasteiger partial charge on any atom is -0.328 e. The zero-order chi connectivity index (χ0) is 13.4. The largest absolute Gasteiger partial charge is 0.328 e. The first-order valence-electron chi connectivity index (χ1n) is 6.59. The minimum absolute atomic E-state index is 0.266. The van der Waals surface area contributed by atoms with E-state index in [0.29, 0.717) is 10.4 Å². The van der Waals surface area contributed by atoms with E-state index in [9.17, 15) is 4.39 Å². The highest BCUT2D eigenvalue weighted by atomic mass is 79.9. The summed E-state index contributed by atoms with van der Waals surface area (Å²) >= 11 is 9.10. The Hall–Kier alpha value is -0.610. The number of rotatable bonds is 4. The number of imidazole rings is 1. The fourth-order valence-corrected chi connectivity index (χ4v) is 3.08. The highest BCUT2D eigenvalue weighted by Crippen LogP contribution is 2.31. The van der Waals surface area contributed by atoms with E-state index >= 15 is 0 Å². The third kappa shape index (κ3) is 2.52. The lowest BCUT2D eigenvalue weighted by molar-refractivity contribution is 0.277. The molecule has 0 bridgehead atoms. The Morgan fingerprint density at radius 1 is 1.42 bits per heavy atom. The van der Waals surface area contributed by atoms with E-state index in [4.69, 9.17) is 11.6 Å². The molecule has 0 atom stereocenters.